The molecule has 10 nitrogen and oxygen atoms in total. The molecule has 4 aromatic rings. The van der Waals surface area contributed by atoms with Gasteiger partial charge in [-0.25, -0.2) is 0 Å². The average molecular weight is 695 g/mol. The molecule has 2 N–H and O–H groups in total. The quantitative estimate of drug-likeness (QED) is 0.172. The Hall–Kier alpha value is -4.74. The highest BCUT2D eigenvalue weighted by Gasteiger charge is 2.34. The molecule has 1 amide bonds. The van der Waals surface area contributed by atoms with Crippen LogP contribution in [0.1, 0.15) is 66.0 Å². The monoisotopic (exact) mass is 694 g/mol. The Labute approximate surface area is 299 Å². The Balaban J connectivity index is 1.20. The lowest BCUT2D eigenvalue weighted by atomic mass is 9.96. The SMILES string of the molecule is COc1cc2c(cc1OC)CN(CC1CC(c3ccc(CO)cc3)OC(c3cccc(-c4cccc(CNC(=O)C(C)OC(C)=O)c4)c3)O1)CC2. The minimum Gasteiger partial charge on any atom is -0.493 e. The van der Waals surface area contributed by atoms with E-state index < -0.39 is 18.4 Å². The van der Waals surface area contributed by atoms with Crippen molar-refractivity contribution < 1.29 is 38.4 Å². The Morgan fingerprint density at radius 3 is 2.29 bits per heavy atom. The summed E-state index contributed by atoms with van der Waals surface area (Å²) in [5.74, 6) is 0.633. The number of nitrogens with one attached hydrogen (secondary N) is 1. The summed E-state index contributed by atoms with van der Waals surface area (Å²) in [5, 5.41) is 12.5. The predicted molar refractivity (Wildman–Crippen MR) is 192 cm³/mol. The summed E-state index contributed by atoms with van der Waals surface area (Å²) in [5.41, 5.74) is 8.19. The second kappa shape index (κ2) is 16.5. The van der Waals surface area contributed by atoms with E-state index in [0.717, 1.165) is 70.9 Å². The number of hydrogen-bond donors (Lipinski definition) is 2. The van der Waals surface area contributed by atoms with Crippen molar-refractivity contribution in [1.29, 1.82) is 0 Å². The summed E-state index contributed by atoms with van der Waals surface area (Å²) >= 11 is 0. The molecule has 51 heavy (non-hydrogen) atoms. The molecule has 6 rings (SSSR count). The van der Waals surface area contributed by atoms with Gasteiger partial charge in [0, 0.05) is 45.1 Å². The summed E-state index contributed by atoms with van der Waals surface area (Å²) in [7, 11) is 3.33. The standard InChI is InChI=1S/C41H46N2O8/c1-26(49-27(2)45)40(46)42-22-29-7-5-8-31(17-29)32-9-6-10-34(18-32)41-50-36(21-37(51-41)30-13-11-28(25-44)12-14-30)24-43-16-15-33-19-38(47-3)39(48-4)20-35(33)23-43/h5-14,17-20,26,36-37,41,44H,15-16,21-25H2,1-4H3,(H,42,46). The molecule has 4 atom stereocenters. The predicted octanol–water partition coefficient (Wildman–Crippen LogP) is 6.03. The molecule has 10 heteroatoms. The zero-order chi connectivity index (χ0) is 35.9. The third-order valence-corrected chi connectivity index (χ3v) is 9.47. The molecule has 1 fully saturated rings. The summed E-state index contributed by atoms with van der Waals surface area (Å²) in [4.78, 5) is 26.1. The Bertz CT molecular complexity index is 1830. The second-order valence-corrected chi connectivity index (χ2v) is 13.1. The van der Waals surface area contributed by atoms with Crippen LogP contribution in [0.4, 0.5) is 0 Å². The van der Waals surface area contributed by atoms with Gasteiger partial charge in [0.05, 0.1) is 33.0 Å². The van der Waals surface area contributed by atoms with Crippen molar-refractivity contribution in [2.45, 2.75) is 71.0 Å². The second-order valence-electron chi connectivity index (χ2n) is 13.1. The Morgan fingerprint density at radius 2 is 1.59 bits per heavy atom. The van der Waals surface area contributed by atoms with Gasteiger partial charge in [0.1, 0.15) is 0 Å². The van der Waals surface area contributed by atoms with E-state index in [2.05, 4.69) is 28.4 Å². The molecular weight excluding hydrogens is 648 g/mol. The van der Waals surface area contributed by atoms with Gasteiger partial charge in [-0.15, -0.1) is 0 Å². The number of amides is 1. The fraction of sp³-hybridized carbons (Fsp3) is 0.366. The molecule has 2 aliphatic rings. The number of nitrogens with zero attached hydrogens (tertiary/aromatic N) is 1. The molecule has 0 radical (unpaired) electrons. The topological polar surface area (TPSA) is 116 Å². The fourth-order valence-corrected chi connectivity index (χ4v) is 6.78. The highest BCUT2D eigenvalue weighted by molar-refractivity contribution is 5.82. The summed E-state index contributed by atoms with van der Waals surface area (Å²) in [6.07, 6.45) is -0.168. The number of aliphatic hydroxyl groups is 1. The van der Waals surface area contributed by atoms with Gasteiger partial charge in [-0.3, -0.25) is 14.5 Å². The van der Waals surface area contributed by atoms with Crippen LogP contribution in [0.5, 0.6) is 11.5 Å². The summed E-state index contributed by atoms with van der Waals surface area (Å²) < 4.78 is 29.5. The van der Waals surface area contributed by atoms with E-state index in [4.69, 9.17) is 23.7 Å². The van der Waals surface area contributed by atoms with Crippen LogP contribution in [-0.4, -0.2) is 61.4 Å². The summed E-state index contributed by atoms with van der Waals surface area (Å²) in [6, 6.07) is 28.2. The molecular formula is C41H46N2O8. The van der Waals surface area contributed by atoms with Crippen molar-refractivity contribution in [3.63, 3.8) is 0 Å². The lowest BCUT2D eigenvalue weighted by Crippen LogP contribution is -2.41. The zero-order valence-corrected chi connectivity index (χ0v) is 29.6. The highest BCUT2D eigenvalue weighted by atomic mass is 16.7. The van der Waals surface area contributed by atoms with Crippen molar-refractivity contribution in [2.75, 3.05) is 27.3 Å². The van der Waals surface area contributed by atoms with E-state index in [-0.39, 0.29) is 24.7 Å². The van der Waals surface area contributed by atoms with Crippen LogP contribution in [0, 0.1) is 0 Å². The van der Waals surface area contributed by atoms with E-state index in [0.29, 0.717) is 13.0 Å². The van der Waals surface area contributed by atoms with Crippen molar-refractivity contribution in [3.05, 3.63) is 118 Å². The van der Waals surface area contributed by atoms with Gasteiger partial charge in [0.15, 0.2) is 23.9 Å². The van der Waals surface area contributed by atoms with Crippen LogP contribution in [0.3, 0.4) is 0 Å². The van der Waals surface area contributed by atoms with Crippen LogP contribution in [0.15, 0.2) is 84.9 Å². The number of carbonyl (C=O) groups excluding carboxylic acids is 2. The number of esters is 1. The van der Waals surface area contributed by atoms with E-state index in [1.807, 2.05) is 66.7 Å². The average Bonchev–Trinajstić information content (AvgIpc) is 3.16. The smallest absolute Gasteiger partial charge is 0.303 e. The number of benzene rings is 4. The van der Waals surface area contributed by atoms with Crippen LogP contribution in [0.2, 0.25) is 0 Å². The first kappa shape index (κ1) is 36.1. The molecule has 0 spiro atoms. The summed E-state index contributed by atoms with van der Waals surface area (Å²) in [6.45, 7) is 5.54. The van der Waals surface area contributed by atoms with Gasteiger partial charge in [-0.2, -0.15) is 0 Å². The van der Waals surface area contributed by atoms with E-state index in [1.54, 1.807) is 21.1 Å². The molecule has 4 unspecified atom stereocenters. The molecule has 268 valence electrons. The lowest BCUT2D eigenvalue weighted by molar-refractivity contribution is -0.253. The van der Waals surface area contributed by atoms with Crippen LogP contribution in [0.25, 0.3) is 11.1 Å². The van der Waals surface area contributed by atoms with Gasteiger partial charge < -0.3 is 34.1 Å². The largest absolute Gasteiger partial charge is 0.493 e. The van der Waals surface area contributed by atoms with E-state index >= 15 is 0 Å². The molecule has 0 aliphatic carbocycles. The number of ether oxygens (including phenoxy) is 5. The van der Waals surface area contributed by atoms with Gasteiger partial charge in [0.25, 0.3) is 5.91 Å². The molecule has 0 aromatic heterocycles. The Morgan fingerprint density at radius 1 is 0.882 bits per heavy atom. The van der Waals surface area contributed by atoms with Crippen molar-refractivity contribution in [1.82, 2.24) is 10.2 Å². The first-order valence-electron chi connectivity index (χ1n) is 17.3. The number of aliphatic hydroxyl groups excluding tert-OH is 1. The number of rotatable bonds is 12. The van der Waals surface area contributed by atoms with Crippen molar-refractivity contribution >= 4 is 11.9 Å². The van der Waals surface area contributed by atoms with Crippen LogP contribution >= 0.6 is 0 Å². The maximum Gasteiger partial charge on any atom is 0.303 e. The molecule has 4 aromatic carbocycles. The number of carbonyl (C=O) groups is 2. The van der Waals surface area contributed by atoms with Crippen LogP contribution < -0.4 is 14.8 Å². The van der Waals surface area contributed by atoms with Gasteiger partial charge in [0.2, 0.25) is 0 Å². The van der Waals surface area contributed by atoms with E-state index in [1.165, 1.54) is 18.1 Å². The minimum absolute atomic E-state index is 0.0129. The van der Waals surface area contributed by atoms with E-state index in [9.17, 15) is 14.7 Å². The van der Waals surface area contributed by atoms with Crippen LogP contribution in [-0.2, 0) is 49.9 Å². The Kier molecular flexibility index (Phi) is 11.7. The van der Waals surface area contributed by atoms with Crippen molar-refractivity contribution in [3.8, 4) is 22.6 Å². The van der Waals surface area contributed by atoms with Gasteiger partial charge in [-0.05, 0) is 76.6 Å². The lowest BCUT2D eigenvalue weighted by Gasteiger charge is -2.39. The molecule has 2 heterocycles. The van der Waals surface area contributed by atoms with Crippen molar-refractivity contribution in [2.24, 2.45) is 0 Å². The highest BCUT2D eigenvalue weighted by Crippen LogP contribution is 2.40. The molecule has 1 saturated heterocycles. The first-order chi connectivity index (χ1) is 24.7. The molecule has 0 bridgehead atoms. The molecule has 0 saturated carbocycles. The number of hydrogen-bond acceptors (Lipinski definition) is 9. The first-order valence-corrected chi connectivity index (χ1v) is 17.3. The normalized spacial score (nSPS) is 19.4. The minimum atomic E-state index is -0.864. The number of methoxy groups -OCH3 is 2. The maximum atomic E-state index is 12.4. The third kappa shape index (κ3) is 8.95. The zero-order valence-electron chi connectivity index (χ0n) is 29.6. The van der Waals surface area contributed by atoms with Gasteiger partial charge in [-0.1, -0.05) is 60.7 Å². The van der Waals surface area contributed by atoms with Gasteiger partial charge >= 0.3 is 5.97 Å². The number of fused-ring (bicyclic) bond motifs is 1. The molecule has 2 aliphatic heterocycles. The fourth-order valence-electron chi connectivity index (χ4n) is 6.78. The maximum absolute atomic E-state index is 12.4. The third-order valence-electron chi connectivity index (χ3n) is 9.47.